The van der Waals surface area contributed by atoms with Gasteiger partial charge in [-0.15, -0.1) is 0 Å². The van der Waals surface area contributed by atoms with E-state index in [1.807, 2.05) is 13.8 Å². The standard InChI is InChI=1S/C19H21ClN2O4/c1-11(2)21-18(23)12-6-5-7-13(8-12)19(24)22-15-10-16(25-3)14(20)9-17(15)26-4/h5-11H,1-4H3,(H,21,23)(H,22,24). The topological polar surface area (TPSA) is 76.7 Å². The van der Waals surface area contributed by atoms with Crippen LogP contribution in [0, 0.1) is 0 Å². The average Bonchev–Trinajstić information content (AvgIpc) is 2.62. The number of nitrogens with one attached hydrogen (secondary N) is 2. The minimum Gasteiger partial charge on any atom is -0.495 e. The molecule has 2 aromatic rings. The van der Waals surface area contributed by atoms with Gasteiger partial charge in [0.05, 0.1) is 24.9 Å². The van der Waals surface area contributed by atoms with E-state index in [-0.39, 0.29) is 17.9 Å². The quantitative estimate of drug-likeness (QED) is 0.805. The maximum atomic E-state index is 12.6. The van der Waals surface area contributed by atoms with Crippen molar-refractivity contribution in [1.82, 2.24) is 5.32 Å². The van der Waals surface area contributed by atoms with Gasteiger partial charge in [-0.3, -0.25) is 9.59 Å². The van der Waals surface area contributed by atoms with Gasteiger partial charge in [0, 0.05) is 29.3 Å². The molecule has 0 unspecified atom stereocenters. The van der Waals surface area contributed by atoms with Crippen LogP contribution < -0.4 is 20.1 Å². The summed E-state index contributed by atoms with van der Waals surface area (Å²) in [6.45, 7) is 3.74. The SMILES string of the molecule is COc1cc(NC(=O)c2cccc(C(=O)NC(C)C)c2)c(OC)cc1Cl. The van der Waals surface area contributed by atoms with E-state index in [1.165, 1.54) is 20.3 Å². The summed E-state index contributed by atoms with van der Waals surface area (Å²) in [5.41, 5.74) is 1.17. The van der Waals surface area contributed by atoms with Crippen molar-refractivity contribution in [2.24, 2.45) is 0 Å². The van der Waals surface area contributed by atoms with E-state index in [9.17, 15) is 9.59 Å². The summed E-state index contributed by atoms with van der Waals surface area (Å²) in [4.78, 5) is 24.7. The first-order valence-corrected chi connectivity index (χ1v) is 8.37. The van der Waals surface area contributed by atoms with Crippen LogP contribution in [0.3, 0.4) is 0 Å². The average molecular weight is 377 g/mol. The molecule has 2 N–H and O–H groups in total. The molecule has 0 atom stereocenters. The first-order valence-electron chi connectivity index (χ1n) is 7.99. The van der Waals surface area contributed by atoms with E-state index >= 15 is 0 Å². The van der Waals surface area contributed by atoms with Gasteiger partial charge in [-0.2, -0.15) is 0 Å². The van der Waals surface area contributed by atoms with Gasteiger partial charge in [-0.05, 0) is 32.0 Å². The van der Waals surface area contributed by atoms with E-state index in [0.717, 1.165) is 0 Å². The van der Waals surface area contributed by atoms with Crippen molar-refractivity contribution in [2.75, 3.05) is 19.5 Å². The molecule has 0 bridgehead atoms. The number of methoxy groups -OCH3 is 2. The summed E-state index contributed by atoms with van der Waals surface area (Å²) < 4.78 is 10.4. The van der Waals surface area contributed by atoms with Gasteiger partial charge in [0.15, 0.2) is 0 Å². The first kappa shape index (κ1) is 19.6. The molecule has 0 aliphatic rings. The molecule has 26 heavy (non-hydrogen) atoms. The molecule has 0 heterocycles. The molecule has 2 aromatic carbocycles. The molecule has 0 spiro atoms. The molecule has 0 fully saturated rings. The fourth-order valence-corrected chi connectivity index (χ4v) is 2.53. The monoisotopic (exact) mass is 376 g/mol. The molecule has 0 aliphatic carbocycles. The Kier molecular flexibility index (Phi) is 6.46. The lowest BCUT2D eigenvalue weighted by molar-refractivity contribution is 0.0943. The number of benzene rings is 2. The van der Waals surface area contributed by atoms with Gasteiger partial charge in [-0.1, -0.05) is 17.7 Å². The Morgan fingerprint density at radius 2 is 1.58 bits per heavy atom. The third kappa shape index (κ3) is 4.67. The number of hydrogen-bond donors (Lipinski definition) is 2. The molecular weight excluding hydrogens is 356 g/mol. The Morgan fingerprint density at radius 1 is 0.962 bits per heavy atom. The third-order valence-corrected chi connectivity index (χ3v) is 3.82. The Balaban J connectivity index is 2.27. The number of ether oxygens (including phenoxy) is 2. The molecule has 6 nitrogen and oxygen atoms in total. The number of rotatable bonds is 6. The number of anilines is 1. The van der Waals surface area contributed by atoms with E-state index in [0.29, 0.717) is 33.3 Å². The van der Waals surface area contributed by atoms with Crippen molar-refractivity contribution in [3.05, 3.63) is 52.5 Å². The molecule has 2 rings (SSSR count). The molecule has 0 aromatic heterocycles. The summed E-state index contributed by atoms with van der Waals surface area (Å²) >= 11 is 6.07. The molecule has 0 radical (unpaired) electrons. The highest BCUT2D eigenvalue weighted by Crippen LogP contribution is 2.36. The fraction of sp³-hybridized carbons (Fsp3) is 0.263. The van der Waals surface area contributed by atoms with Crippen molar-refractivity contribution in [2.45, 2.75) is 19.9 Å². The smallest absolute Gasteiger partial charge is 0.255 e. The zero-order valence-electron chi connectivity index (χ0n) is 15.1. The zero-order chi connectivity index (χ0) is 19.3. The van der Waals surface area contributed by atoms with Gasteiger partial charge in [0.1, 0.15) is 11.5 Å². The van der Waals surface area contributed by atoms with Gasteiger partial charge in [0.2, 0.25) is 0 Å². The molecule has 138 valence electrons. The summed E-state index contributed by atoms with van der Waals surface area (Å²) in [6, 6.07) is 9.61. The second kappa shape index (κ2) is 8.58. The van der Waals surface area contributed by atoms with Crippen molar-refractivity contribution in [1.29, 1.82) is 0 Å². The van der Waals surface area contributed by atoms with Crippen LogP contribution in [-0.4, -0.2) is 32.1 Å². The minimum absolute atomic E-state index is 0.00535. The van der Waals surface area contributed by atoms with Crippen molar-refractivity contribution < 1.29 is 19.1 Å². The number of carbonyl (C=O) groups is 2. The van der Waals surface area contributed by atoms with Crippen LogP contribution in [0.25, 0.3) is 0 Å². The minimum atomic E-state index is -0.383. The van der Waals surface area contributed by atoms with Gasteiger partial charge in [0.25, 0.3) is 11.8 Å². The van der Waals surface area contributed by atoms with Gasteiger partial charge < -0.3 is 20.1 Å². The number of amides is 2. The van der Waals surface area contributed by atoms with E-state index < -0.39 is 0 Å². The molecule has 0 saturated carbocycles. The van der Waals surface area contributed by atoms with Crippen LogP contribution in [0.15, 0.2) is 36.4 Å². The Bertz CT molecular complexity index is 821. The number of halogens is 1. The summed E-state index contributed by atoms with van der Waals surface area (Å²) in [5, 5.41) is 5.92. The maximum absolute atomic E-state index is 12.6. The normalized spacial score (nSPS) is 10.4. The molecule has 0 aliphatic heterocycles. The van der Waals surface area contributed by atoms with Gasteiger partial charge >= 0.3 is 0 Å². The van der Waals surface area contributed by atoms with Crippen LogP contribution >= 0.6 is 11.6 Å². The van der Waals surface area contributed by atoms with Crippen molar-refractivity contribution in [3.8, 4) is 11.5 Å². The lowest BCUT2D eigenvalue weighted by Crippen LogP contribution is -2.30. The lowest BCUT2D eigenvalue weighted by atomic mass is 10.1. The highest BCUT2D eigenvalue weighted by Gasteiger charge is 2.15. The van der Waals surface area contributed by atoms with Crippen LogP contribution in [0.2, 0.25) is 5.02 Å². The lowest BCUT2D eigenvalue weighted by Gasteiger charge is -2.14. The van der Waals surface area contributed by atoms with Crippen LogP contribution in [-0.2, 0) is 0 Å². The largest absolute Gasteiger partial charge is 0.495 e. The molecule has 7 heteroatoms. The second-order valence-electron chi connectivity index (χ2n) is 5.85. The number of carbonyl (C=O) groups excluding carboxylic acids is 2. The Morgan fingerprint density at radius 3 is 2.15 bits per heavy atom. The number of hydrogen-bond acceptors (Lipinski definition) is 4. The maximum Gasteiger partial charge on any atom is 0.255 e. The van der Waals surface area contributed by atoms with E-state index in [2.05, 4.69) is 10.6 Å². The predicted molar refractivity (Wildman–Crippen MR) is 102 cm³/mol. The molecule has 0 saturated heterocycles. The summed E-state index contributed by atoms with van der Waals surface area (Å²) in [7, 11) is 2.96. The van der Waals surface area contributed by atoms with Crippen molar-refractivity contribution in [3.63, 3.8) is 0 Å². The highest BCUT2D eigenvalue weighted by molar-refractivity contribution is 6.32. The van der Waals surface area contributed by atoms with E-state index in [1.54, 1.807) is 30.3 Å². The van der Waals surface area contributed by atoms with E-state index in [4.69, 9.17) is 21.1 Å². The predicted octanol–water partition coefficient (Wildman–Crippen LogP) is 3.75. The molecular formula is C19H21ClN2O4. The Labute approximate surface area is 157 Å². The fourth-order valence-electron chi connectivity index (χ4n) is 2.30. The second-order valence-corrected chi connectivity index (χ2v) is 6.26. The highest BCUT2D eigenvalue weighted by atomic mass is 35.5. The van der Waals surface area contributed by atoms with Crippen molar-refractivity contribution >= 4 is 29.1 Å². The summed E-state index contributed by atoms with van der Waals surface area (Å²) in [5.74, 6) is 0.193. The van der Waals surface area contributed by atoms with Crippen LogP contribution in [0.4, 0.5) is 5.69 Å². The third-order valence-electron chi connectivity index (χ3n) is 3.53. The van der Waals surface area contributed by atoms with Crippen LogP contribution in [0.5, 0.6) is 11.5 Å². The summed E-state index contributed by atoms with van der Waals surface area (Å²) in [6.07, 6.45) is 0. The van der Waals surface area contributed by atoms with Gasteiger partial charge in [-0.25, -0.2) is 0 Å². The zero-order valence-corrected chi connectivity index (χ0v) is 15.8. The molecule has 2 amide bonds. The first-order chi connectivity index (χ1) is 12.3. The Hall–Kier alpha value is -2.73. The van der Waals surface area contributed by atoms with Crippen LogP contribution in [0.1, 0.15) is 34.6 Å².